The summed E-state index contributed by atoms with van der Waals surface area (Å²) in [5, 5.41) is 10.9. The quantitative estimate of drug-likeness (QED) is 0.440. The van der Waals surface area contributed by atoms with E-state index >= 15 is 0 Å². The van der Waals surface area contributed by atoms with Crippen LogP contribution in [-0.2, 0) is 0 Å². The highest BCUT2D eigenvalue weighted by atomic mass is 28.3. The van der Waals surface area contributed by atoms with Gasteiger partial charge in [-0.1, -0.05) is 91.3 Å². The monoisotopic (exact) mass is 422 g/mol. The van der Waals surface area contributed by atoms with Crippen molar-refractivity contribution in [1.82, 2.24) is 0 Å². The van der Waals surface area contributed by atoms with Gasteiger partial charge in [0, 0.05) is 0 Å². The fourth-order valence-corrected chi connectivity index (χ4v) is 10.4. The topological polar surface area (TPSA) is 20.2 Å². The third kappa shape index (κ3) is 4.06. The SMILES string of the molecule is CCC[Si]1(c2ccccc2)CCC(c2ccc(-c3cc(F)c(O)c(F)c3)cc2)CC1. The minimum Gasteiger partial charge on any atom is -0.503 e. The summed E-state index contributed by atoms with van der Waals surface area (Å²) in [6.07, 6.45) is 3.67. The Kier molecular flexibility index (Phi) is 6.05. The van der Waals surface area contributed by atoms with Crippen LogP contribution in [0.3, 0.4) is 0 Å². The van der Waals surface area contributed by atoms with Gasteiger partial charge in [0.25, 0.3) is 0 Å². The van der Waals surface area contributed by atoms with E-state index in [1.54, 1.807) is 5.19 Å². The first kappa shape index (κ1) is 20.8. The Balaban J connectivity index is 1.50. The van der Waals surface area contributed by atoms with E-state index in [1.807, 2.05) is 12.1 Å². The van der Waals surface area contributed by atoms with Gasteiger partial charge in [0.05, 0.1) is 8.07 Å². The minimum atomic E-state index is -1.42. The van der Waals surface area contributed by atoms with Crippen LogP contribution in [0.2, 0.25) is 18.1 Å². The molecule has 0 aromatic heterocycles. The summed E-state index contributed by atoms with van der Waals surface area (Å²) in [5.41, 5.74) is 2.51. The summed E-state index contributed by atoms with van der Waals surface area (Å²) in [4.78, 5) is 0. The van der Waals surface area contributed by atoms with Gasteiger partial charge in [-0.15, -0.1) is 0 Å². The molecule has 1 aliphatic heterocycles. The third-order valence-corrected chi connectivity index (χ3v) is 12.3. The zero-order chi connectivity index (χ0) is 21.1. The van der Waals surface area contributed by atoms with Crippen molar-refractivity contribution in [3.63, 3.8) is 0 Å². The maximum Gasteiger partial charge on any atom is 0.187 e. The molecule has 3 aromatic carbocycles. The molecule has 0 atom stereocenters. The van der Waals surface area contributed by atoms with Gasteiger partial charge in [0.15, 0.2) is 17.4 Å². The molecule has 1 fully saturated rings. The van der Waals surface area contributed by atoms with Gasteiger partial charge in [-0.3, -0.25) is 0 Å². The van der Waals surface area contributed by atoms with Crippen molar-refractivity contribution in [2.24, 2.45) is 0 Å². The summed E-state index contributed by atoms with van der Waals surface area (Å²) in [6.45, 7) is 2.30. The number of aromatic hydroxyl groups is 1. The van der Waals surface area contributed by atoms with Crippen molar-refractivity contribution in [3.8, 4) is 16.9 Å². The Morgan fingerprint density at radius 1 is 0.867 bits per heavy atom. The van der Waals surface area contributed by atoms with Crippen molar-refractivity contribution in [3.05, 3.63) is 83.9 Å². The Morgan fingerprint density at radius 3 is 2.03 bits per heavy atom. The first-order valence-corrected chi connectivity index (χ1v) is 13.5. The zero-order valence-electron chi connectivity index (χ0n) is 17.4. The molecule has 30 heavy (non-hydrogen) atoms. The molecule has 0 spiro atoms. The van der Waals surface area contributed by atoms with Crippen molar-refractivity contribution in [2.45, 2.75) is 50.2 Å². The fourth-order valence-electron chi connectivity index (χ4n) is 5.14. The lowest BCUT2D eigenvalue weighted by Gasteiger charge is -2.39. The van der Waals surface area contributed by atoms with Gasteiger partial charge in [-0.2, -0.15) is 0 Å². The standard InChI is InChI=1S/C26H28F2OSi/c1-2-14-30(23-6-4-3-5-7-23)15-12-21(13-16-30)19-8-10-20(11-9-19)22-17-24(27)26(29)25(28)18-22/h3-11,17-18,21,29H,2,12-16H2,1H3. The van der Waals surface area contributed by atoms with Crippen LogP contribution in [0.4, 0.5) is 8.78 Å². The number of phenolic OH excluding ortho intramolecular Hbond substituents is 1. The van der Waals surface area contributed by atoms with Gasteiger partial charge in [0.2, 0.25) is 0 Å². The number of hydrogen-bond donors (Lipinski definition) is 1. The van der Waals surface area contributed by atoms with Gasteiger partial charge < -0.3 is 5.11 Å². The Hall–Kier alpha value is -2.46. The summed E-state index contributed by atoms with van der Waals surface area (Å²) in [6, 6.07) is 25.6. The van der Waals surface area contributed by atoms with Gasteiger partial charge in [0.1, 0.15) is 0 Å². The molecule has 0 radical (unpaired) electrons. The normalized spacial score (nSPS) is 21.5. The highest BCUT2D eigenvalue weighted by molar-refractivity contribution is 6.92. The third-order valence-electron chi connectivity index (χ3n) is 6.79. The van der Waals surface area contributed by atoms with E-state index in [0.29, 0.717) is 11.5 Å². The highest BCUT2D eigenvalue weighted by Gasteiger charge is 2.38. The Morgan fingerprint density at radius 2 is 1.47 bits per heavy atom. The summed E-state index contributed by atoms with van der Waals surface area (Å²) < 4.78 is 27.4. The van der Waals surface area contributed by atoms with E-state index in [9.17, 15) is 13.9 Å². The summed E-state index contributed by atoms with van der Waals surface area (Å²) >= 11 is 0. The molecule has 0 saturated carbocycles. The van der Waals surface area contributed by atoms with E-state index in [-0.39, 0.29) is 0 Å². The lowest BCUT2D eigenvalue weighted by atomic mass is 9.92. The highest BCUT2D eigenvalue weighted by Crippen LogP contribution is 2.41. The molecule has 0 aliphatic carbocycles. The lowest BCUT2D eigenvalue weighted by Crippen LogP contribution is -2.49. The predicted molar refractivity (Wildman–Crippen MR) is 122 cm³/mol. The number of halogens is 2. The van der Waals surface area contributed by atoms with Crippen molar-refractivity contribution in [1.29, 1.82) is 0 Å². The molecule has 1 saturated heterocycles. The molecule has 1 nitrogen and oxygen atoms in total. The lowest BCUT2D eigenvalue weighted by molar-refractivity contribution is 0.396. The van der Waals surface area contributed by atoms with Crippen LogP contribution < -0.4 is 5.19 Å². The van der Waals surface area contributed by atoms with Crippen LogP contribution in [0.15, 0.2) is 66.7 Å². The average molecular weight is 423 g/mol. The van der Waals surface area contributed by atoms with Crippen molar-refractivity contribution < 1.29 is 13.9 Å². The summed E-state index contributed by atoms with van der Waals surface area (Å²) in [7, 11) is -1.42. The minimum absolute atomic E-state index is 0.441. The van der Waals surface area contributed by atoms with E-state index < -0.39 is 25.5 Å². The maximum absolute atomic E-state index is 13.7. The first-order valence-electron chi connectivity index (χ1n) is 10.9. The van der Waals surface area contributed by atoms with Gasteiger partial charge >= 0.3 is 0 Å². The van der Waals surface area contributed by atoms with Crippen LogP contribution in [0.25, 0.3) is 11.1 Å². The molecule has 1 N–H and O–H groups in total. The molecule has 0 unspecified atom stereocenters. The number of benzene rings is 3. The molecular formula is C26H28F2OSi. The number of phenols is 1. The second kappa shape index (κ2) is 8.72. The smallest absolute Gasteiger partial charge is 0.187 e. The van der Waals surface area contributed by atoms with Crippen LogP contribution in [0.1, 0.15) is 37.7 Å². The van der Waals surface area contributed by atoms with Gasteiger partial charge in [-0.25, -0.2) is 8.78 Å². The molecule has 4 heteroatoms. The number of rotatable bonds is 5. The van der Waals surface area contributed by atoms with Crippen LogP contribution in [0.5, 0.6) is 5.75 Å². The van der Waals surface area contributed by atoms with E-state index in [1.165, 1.54) is 55.1 Å². The van der Waals surface area contributed by atoms with Gasteiger partial charge in [-0.05, 0) is 47.6 Å². The maximum atomic E-state index is 13.7. The molecule has 3 aromatic rings. The predicted octanol–water partition coefficient (Wildman–Crippen LogP) is 6.98. The molecule has 1 heterocycles. The van der Waals surface area contributed by atoms with E-state index in [0.717, 1.165) is 5.56 Å². The van der Waals surface area contributed by atoms with Crippen molar-refractivity contribution in [2.75, 3.05) is 0 Å². The number of hydrogen-bond acceptors (Lipinski definition) is 1. The van der Waals surface area contributed by atoms with Crippen LogP contribution in [-0.4, -0.2) is 13.2 Å². The first-order chi connectivity index (χ1) is 14.5. The Labute approximate surface area is 178 Å². The molecule has 4 rings (SSSR count). The molecule has 0 bridgehead atoms. The molecule has 1 aliphatic rings. The van der Waals surface area contributed by atoms with Crippen LogP contribution in [0, 0.1) is 11.6 Å². The van der Waals surface area contributed by atoms with E-state index in [4.69, 9.17) is 0 Å². The molecular weight excluding hydrogens is 394 g/mol. The summed E-state index contributed by atoms with van der Waals surface area (Å²) in [5.74, 6) is -2.23. The molecule has 156 valence electrons. The second-order valence-electron chi connectivity index (χ2n) is 8.58. The zero-order valence-corrected chi connectivity index (χ0v) is 18.4. The molecule has 0 amide bonds. The Bertz CT molecular complexity index is 970. The van der Waals surface area contributed by atoms with Crippen molar-refractivity contribution >= 4 is 13.3 Å². The van der Waals surface area contributed by atoms with Crippen LogP contribution >= 0.6 is 0 Å². The second-order valence-corrected chi connectivity index (χ2v) is 13.2. The fraction of sp³-hybridized carbons (Fsp3) is 0.308. The van der Waals surface area contributed by atoms with E-state index in [2.05, 4.69) is 49.4 Å². The largest absolute Gasteiger partial charge is 0.503 e. The average Bonchev–Trinajstić information content (AvgIpc) is 2.78.